The lowest BCUT2D eigenvalue weighted by Gasteiger charge is -2.04. The van der Waals surface area contributed by atoms with Crippen LogP contribution in [0, 0.1) is 5.92 Å². The van der Waals surface area contributed by atoms with Crippen molar-refractivity contribution >= 4 is 39.7 Å². The van der Waals surface area contributed by atoms with Crippen molar-refractivity contribution in [2.24, 2.45) is 5.92 Å². The molecule has 1 aromatic heterocycles. The molecule has 0 aliphatic heterocycles. The zero-order valence-corrected chi connectivity index (χ0v) is 12.5. The first-order chi connectivity index (χ1) is 8.58. The summed E-state index contributed by atoms with van der Waals surface area (Å²) in [5.74, 6) is 0.590. The molecule has 2 nitrogen and oxygen atoms in total. The van der Waals surface area contributed by atoms with Crippen LogP contribution in [0.5, 0.6) is 0 Å². The van der Waals surface area contributed by atoms with E-state index >= 15 is 0 Å². The van der Waals surface area contributed by atoms with Crippen molar-refractivity contribution in [2.45, 2.75) is 13.8 Å². The largest absolute Gasteiger partial charge is 0.361 e. The fourth-order valence-corrected chi connectivity index (χ4v) is 2.78. The van der Waals surface area contributed by atoms with Gasteiger partial charge in [0.05, 0.1) is 14.9 Å². The molecule has 2 rings (SSSR count). The third-order valence-electron chi connectivity index (χ3n) is 2.38. The third kappa shape index (κ3) is 3.16. The van der Waals surface area contributed by atoms with E-state index in [1.807, 2.05) is 18.3 Å². The molecule has 1 heterocycles. The zero-order chi connectivity index (χ0) is 13.1. The lowest BCUT2D eigenvalue weighted by Crippen LogP contribution is -2.07. The van der Waals surface area contributed by atoms with Gasteiger partial charge in [0.15, 0.2) is 5.13 Å². The van der Waals surface area contributed by atoms with Crippen LogP contribution in [0.4, 0.5) is 5.13 Å². The minimum atomic E-state index is 0.569. The molecule has 1 aromatic carbocycles. The van der Waals surface area contributed by atoms with Gasteiger partial charge in [-0.3, -0.25) is 0 Å². The highest BCUT2D eigenvalue weighted by Gasteiger charge is 2.10. The average molecular weight is 301 g/mol. The van der Waals surface area contributed by atoms with E-state index in [0.29, 0.717) is 16.0 Å². The van der Waals surface area contributed by atoms with Gasteiger partial charge >= 0.3 is 0 Å². The quantitative estimate of drug-likeness (QED) is 0.841. The molecule has 2 aromatic rings. The number of rotatable bonds is 4. The summed E-state index contributed by atoms with van der Waals surface area (Å²) >= 11 is 13.8. The number of anilines is 1. The van der Waals surface area contributed by atoms with Crippen molar-refractivity contribution in [1.29, 1.82) is 0 Å². The Morgan fingerprint density at radius 2 is 2.11 bits per heavy atom. The molecule has 0 radical (unpaired) electrons. The number of hydrogen-bond donors (Lipinski definition) is 1. The molecular formula is C13H14Cl2N2S. The number of nitrogens with zero attached hydrogens (tertiary/aromatic N) is 1. The maximum absolute atomic E-state index is 6.19. The van der Waals surface area contributed by atoms with E-state index in [0.717, 1.165) is 22.1 Å². The zero-order valence-electron chi connectivity index (χ0n) is 10.2. The van der Waals surface area contributed by atoms with Gasteiger partial charge in [0.1, 0.15) is 0 Å². The van der Waals surface area contributed by atoms with Crippen molar-refractivity contribution < 1.29 is 0 Å². The highest BCUT2D eigenvalue weighted by atomic mass is 35.5. The van der Waals surface area contributed by atoms with E-state index in [2.05, 4.69) is 24.1 Å². The van der Waals surface area contributed by atoms with E-state index in [9.17, 15) is 0 Å². The van der Waals surface area contributed by atoms with Crippen LogP contribution in [0.1, 0.15) is 13.8 Å². The van der Waals surface area contributed by atoms with Gasteiger partial charge < -0.3 is 5.32 Å². The Bertz CT molecular complexity index is 538. The predicted molar refractivity (Wildman–Crippen MR) is 80.9 cm³/mol. The fourth-order valence-electron chi connectivity index (χ4n) is 1.47. The summed E-state index contributed by atoms with van der Waals surface area (Å²) in [6, 6.07) is 5.63. The molecular weight excluding hydrogens is 287 g/mol. The normalized spacial score (nSPS) is 10.9. The van der Waals surface area contributed by atoms with Gasteiger partial charge in [-0.05, 0) is 12.0 Å². The van der Waals surface area contributed by atoms with Crippen molar-refractivity contribution in [3.8, 4) is 10.4 Å². The van der Waals surface area contributed by atoms with E-state index in [-0.39, 0.29) is 0 Å². The van der Waals surface area contributed by atoms with Crippen LogP contribution in [0.2, 0.25) is 10.0 Å². The van der Waals surface area contributed by atoms with Crippen LogP contribution < -0.4 is 5.32 Å². The Balaban J connectivity index is 2.21. The fraction of sp³-hybridized carbons (Fsp3) is 0.308. The van der Waals surface area contributed by atoms with Crippen molar-refractivity contribution in [3.05, 3.63) is 34.4 Å². The Morgan fingerprint density at radius 1 is 1.33 bits per heavy atom. The van der Waals surface area contributed by atoms with Gasteiger partial charge in [-0.1, -0.05) is 60.5 Å². The lowest BCUT2D eigenvalue weighted by molar-refractivity contribution is 0.688. The Labute approximate surface area is 121 Å². The summed E-state index contributed by atoms with van der Waals surface area (Å²) in [6.07, 6.45) is 1.82. The van der Waals surface area contributed by atoms with Crippen LogP contribution in [0.15, 0.2) is 24.4 Å². The Morgan fingerprint density at radius 3 is 2.83 bits per heavy atom. The number of hydrogen-bond acceptors (Lipinski definition) is 3. The topological polar surface area (TPSA) is 24.9 Å². The minimum Gasteiger partial charge on any atom is -0.361 e. The Hall–Kier alpha value is -0.770. The molecule has 5 heteroatoms. The second-order valence-corrected chi connectivity index (χ2v) is 6.22. The number of benzene rings is 1. The molecule has 0 atom stereocenters. The number of halogens is 2. The number of aromatic nitrogens is 1. The van der Waals surface area contributed by atoms with Gasteiger partial charge in [-0.2, -0.15) is 0 Å². The highest BCUT2D eigenvalue weighted by molar-refractivity contribution is 7.19. The Kier molecular flexibility index (Phi) is 4.49. The lowest BCUT2D eigenvalue weighted by atomic mass is 10.2. The molecule has 18 heavy (non-hydrogen) atoms. The summed E-state index contributed by atoms with van der Waals surface area (Å²) in [6.45, 7) is 5.24. The molecule has 0 saturated carbocycles. The van der Waals surface area contributed by atoms with Gasteiger partial charge in [0.2, 0.25) is 0 Å². The summed E-state index contributed by atoms with van der Waals surface area (Å²) in [4.78, 5) is 5.36. The number of thiazole rings is 1. The van der Waals surface area contributed by atoms with Crippen LogP contribution in [0.25, 0.3) is 10.4 Å². The van der Waals surface area contributed by atoms with Crippen molar-refractivity contribution in [1.82, 2.24) is 4.98 Å². The first-order valence-corrected chi connectivity index (χ1v) is 7.29. The van der Waals surface area contributed by atoms with Crippen LogP contribution >= 0.6 is 34.5 Å². The SMILES string of the molecule is CC(C)CNc1ncc(-c2cccc(Cl)c2Cl)s1. The van der Waals surface area contributed by atoms with Gasteiger partial charge in [0.25, 0.3) is 0 Å². The average Bonchev–Trinajstić information content (AvgIpc) is 2.78. The molecule has 0 unspecified atom stereocenters. The molecule has 1 N–H and O–H groups in total. The molecule has 0 saturated heterocycles. The van der Waals surface area contributed by atoms with E-state index < -0.39 is 0 Å². The first-order valence-electron chi connectivity index (χ1n) is 5.72. The number of nitrogens with one attached hydrogen (secondary N) is 1. The molecule has 0 spiro atoms. The minimum absolute atomic E-state index is 0.569. The molecule has 0 aliphatic rings. The van der Waals surface area contributed by atoms with Crippen molar-refractivity contribution in [2.75, 3.05) is 11.9 Å². The van der Waals surface area contributed by atoms with E-state index in [1.54, 1.807) is 17.4 Å². The monoisotopic (exact) mass is 300 g/mol. The maximum atomic E-state index is 6.19. The second-order valence-electron chi connectivity index (χ2n) is 4.41. The summed E-state index contributed by atoms with van der Waals surface area (Å²) in [5.41, 5.74) is 0.930. The standard InChI is InChI=1S/C13H14Cl2N2S/c1-8(2)6-16-13-17-7-11(18-13)9-4-3-5-10(14)12(9)15/h3-5,7-8H,6H2,1-2H3,(H,16,17). The molecule has 0 fully saturated rings. The second kappa shape index (κ2) is 5.91. The molecule has 96 valence electrons. The predicted octanol–water partition coefficient (Wildman–Crippen LogP) is 5.18. The van der Waals surface area contributed by atoms with Crippen LogP contribution in [0.3, 0.4) is 0 Å². The summed E-state index contributed by atoms with van der Waals surface area (Å²) < 4.78 is 0. The van der Waals surface area contributed by atoms with Crippen LogP contribution in [-0.2, 0) is 0 Å². The first kappa shape index (κ1) is 13.7. The van der Waals surface area contributed by atoms with E-state index in [4.69, 9.17) is 23.2 Å². The smallest absolute Gasteiger partial charge is 0.183 e. The molecule has 0 bridgehead atoms. The van der Waals surface area contributed by atoms with Gasteiger partial charge in [-0.25, -0.2) is 4.98 Å². The summed E-state index contributed by atoms with van der Waals surface area (Å²) in [7, 11) is 0. The van der Waals surface area contributed by atoms with Crippen LogP contribution in [-0.4, -0.2) is 11.5 Å². The van der Waals surface area contributed by atoms with Crippen molar-refractivity contribution in [3.63, 3.8) is 0 Å². The molecule has 0 aliphatic carbocycles. The molecule has 0 amide bonds. The third-order valence-corrected chi connectivity index (χ3v) is 4.19. The highest BCUT2D eigenvalue weighted by Crippen LogP contribution is 2.37. The van der Waals surface area contributed by atoms with Gasteiger partial charge in [-0.15, -0.1) is 0 Å². The van der Waals surface area contributed by atoms with Gasteiger partial charge in [0, 0.05) is 18.3 Å². The van der Waals surface area contributed by atoms with E-state index in [1.165, 1.54) is 0 Å². The summed E-state index contributed by atoms with van der Waals surface area (Å²) in [5, 5.41) is 5.36. The maximum Gasteiger partial charge on any atom is 0.183 e.